The largest absolute Gasteiger partial charge is 0.459 e. The smallest absolute Gasteiger partial charge is 0.408 e. The van der Waals surface area contributed by atoms with Crippen molar-refractivity contribution in [3.05, 3.63) is 28.4 Å². The molecule has 0 aliphatic carbocycles. The van der Waals surface area contributed by atoms with E-state index in [-0.39, 0.29) is 37.4 Å². The lowest BCUT2D eigenvalue weighted by molar-refractivity contribution is -0.153. The van der Waals surface area contributed by atoms with E-state index in [9.17, 15) is 19.2 Å². The molecule has 0 aromatic heterocycles. The summed E-state index contributed by atoms with van der Waals surface area (Å²) in [5.74, 6) is -0.910. The van der Waals surface area contributed by atoms with Crippen molar-refractivity contribution >= 4 is 91.6 Å². The summed E-state index contributed by atoms with van der Waals surface area (Å²) in [5.41, 5.74) is -0.651. The number of nitrogens with one attached hydrogen (secondary N) is 4. The molecule has 1 aromatic carbocycles. The van der Waals surface area contributed by atoms with Gasteiger partial charge < -0.3 is 30.7 Å². The number of hydrogen-bond donors (Lipinski definition) is 4. The van der Waals surface area contributed by atoms with Crippen molar-refractivity contribution in [3.8, 4) is 0 Å². The second-order valence-corrected chi connectivity index (χ2v) is 14.2. The van der Waals surface area contributed by atoms with Crippen LogP contribution in [0.1, 0.15) is 71.2 Å². The number of hydrogen-bond acceptors (Lipinski definition) is 7. The normalized spacial score (nSPS) is 12.3. The highest BCUT2D eigenvalue weighted by atomic mass is 127. The van der Waals surface area contributed by atoms with Gasteiger partial charge in [0.2, 0.25) is 5.91 Å². The van der Waals surface area contributed by atoms with Crippen LogP contribution < -0.4 is 21.3 Å². The zero-order valence-corrected chi connectivity index (χ0v) is 29.7. The van der Waals surface area contributed by atoms with Crippen LogP contribution in [0.5, 0.6) is 0 Å². The molecule has 0 bridgehead atoms. The summed E-state index contributed by atoms with van der Waals surface area (Å²) in [7, 11) is 0. The van der Waals surface area contributed by atoms with Crippen molar-refractivity contribution in [1.29, 1.82) is 0 Å². The molecule has 4 N–H and O–H groups in total. The number of amides is 3. The number of halogens is 3. The first-order valence-electron chi connectivity index (χ1n) is 12.6. The molecule has 0 spiro atoms. The third-order valence-electron chi connectivity index (χ3n) is 4.74. The first kappa shape index (κ1) is 36.1. The minimum Gasteiger partial charge on any atom is -0.459 e. The maximum absolute atomic E-state index is 12.9. The quantitative estimate of drug-likeness (QED) is 0.100. The second-order valence-electron chi connectivity index (χ2n) is 10.8. The molecule has 0 aliphatic heterocycles. The number of unbranched alkanes of at least 4 members (excludes halogenated alkanes) is 1. The summed E-state index contributed by atoms with van der Waals surface area (Å²) < 4.78 is 13.4. The Morgan fingerprint density at radius 1 is 0.846 bits per heavy atom. The molecule has 0 saturated carbocycles. The van der Waals surface area contributed by atoms with Crippen molar-refractivity contribution in [1.82, 2.24) is 21.3 Å². The van der Waals surface area contributed by atoms with E-state index in [2.05, 4.69) is 89.0 Å². The zero-order valence-electron chi connectivity index (χ0n) is 23.3. The Balaban J connectivity index is 2.57. The Labute approximate surface area is 272 Å². The van der Waals surface area contributed by atoms with Gasteiger partial charge in [0.05, 0.1) is 12.1 Å². The van der Waals surface area contributed by atoms with Crippen LogP contribution in [-0.4, -0.2) is 67.3 Å². The van der Waals surface area contributed by atoms with E-state index in [1.54, 1.807) is 20.8 Å². The maximum atomic E-state index is 12.9. The van der Waals surface area contributed by atoms with Crippen LogP contribution in [0.4, 0.5) is 4.79 Å². The second kappa shape index (κ2) is 17.1. The van der Waals surface area contributed by atoms with Crippen molar-refractivity contribution in [2.75, 3.05) is 26.2 Å². The molecule has 0 saturated heterocycles. The molecular formula is C26H39I3N4O6. The number of rotatable bonds is 13. The van der Waals surface area contributed by atoms with E-state index in [1.807, 2.05) is 32.9 Å². The number of benzene rings is 1. The third-order valence-corrected chi connectivity index (χ3v) is 8.41. The lowest BCUT2D eigenvalue weighted by atomic mass is 10.1. The fourth-order valence-corrected chi connectivity index (χ4v) is 5.59. The van der Waals surface area contributed by atoms with E-state index < -0.39 is 23.3 Å². The predicted molar refractivity (Wildman–Crippen MR) is 176 cm³/mol. The van der Waals surface area contributed by atoms with Gasteiger partial charge in [0.25, 0.3) is 5.91 Å². The minimum absolute atomic E-state index is 0.101. The van der Waals surface area contributed by atoms with Gasteiger partial charge in [-0.1, -0.05) is 0 Å². The first-order valence-corrected chi connectivity index (χ1v) is 15.8. The van der Waals surface area contributed by atoms with Crippen LogP contribution in [-0.2, 0) is 19.1 Å². The number of carbonyl (C=O) groups is 4. The van der Waals surface area contributed by atoms with Gasteiger partial charge in [-0.05, 0) is 147 Å². The molecule has 1 rings (SSSR count). The highest BCUT2D eigenvalue weighted by Crippen LogP contribution is 2.22. The van der Waals surface area contributed by atoms with Crippen LogP contribution in [0.25, 0.3) is 0 Å². The van der Waals surface area contributed by atoms with E-state index in [0.29, 0.717) is 31.4 Å². The monoisotopic (exact) mass is 884 g/mol. The zero-order chi connectivity index (χ0) is 29.8. The van der Waals surface area contributed by atoms with Crippen LogP contribution in [0.15, 0.2) is 12.1 Å². The average Bonchev–Trinajstić information content (AvgIpc) is 2.77. The summed E-state index contributed by atoms with van der Waals surface area (Å²) in [4.78, 5) is 49.6. The molecule has 0 unspecified atom stereocenters. The average molecular weight is 884 g/mol. The molecule has 10 nitrogen and oxygen atoms in total. The summed E-state index contributed by atoms with van der Waals surface area (Å²) in [5, 5.41) is 11.3. The molecule has 0 aliphatic rings. The van der Waals surface area contributed by atoms with E-state index >= 15 is 0 Å². The molecule has 0 heterocycles. The number of esters is 1. The van der Waals surface area contributed by atoms with Gasteiger partial charge in [-0.3, -0.25) is 14.4 Å². The minimum atomic E-state index is -0.806. The predicted octanol–water partition coefficient (Wildman–Crippen LogP) is 4.34. The summed E-state index contributed by atoms with van der Waals surface area (Å²) >= 11 is 6.51. The maximum Gasteiger partial charge on any atom is 0.408 e. The number of ether oxygens (including phenoxy) is 2. The molecule has 13 heteroatoms. The van der Waals surface area contributed by atoms with Crippen LogP contribution in [0.2, 0.25) is 0 Å². The van der Waals surface area contributed by atoms with E-state index in [0.717, 1.165) is 10.7 Å². The van der Waals surface area contributed by atoms with Gasteiger partial charge >= 0.3 is 12.1 Å². The summed E-state index contributed by atoms with van der Waals surface area (Å²) in [6.07, 6.45) is 1.01. The van der Waals surface area contributed by atoms with Crippen LogP contribution in [0.3, 0.4) is 0 Å². The van der Waals surface area contributed by atoms with Gasteiger partial charge in [0.15, 0.2) is 0 Å². The Morgan fingerprint density at radius 3 is 2.08 bits per heavy atom. The molecule has 220 valence electrons. The highest BCUT2D eigenvalue weighted by Gasteiger charge is 2.24. The van der Waals surface area contributed by atoms with Crippen molar-refractivity contribution in [3.63, 3.8) is 0 Å². The highest BCUT2D eigenvalue weighted by molar-refractivity contribution is 14.1. The summed E-state index contributed by atoms with van der Waals surface area (Å²) in [6.45, 7) is 11.8. The Morgan fingerprint density at radius 2 is 1.46 bits per heavy atom. The van der Waals surface area contributed by atoms with Gasteiger partial charge in [-0.15, -0.1) is 0 Å². The Hall–Kier alpha value is -0.950. The van der Waals surface area contributed by atoms with Crippen molar-refractivity contribution < 1.29 is 28.7 Å². The Bertz CT molecular complexity index is 1010. The standard InChI is InChI=1S/C26H39I3N4O6/c1-25(2,3)38-20(34)15-30-10-8-7-9-19(33-24(37)39-26(4,5)6)23(36)32-12-11-31-22(35)17-13-16(27)14-18(28)21(17)29/h13-14,19,30H,7-12,15H2,1-6H3,(H,31,35)(H,32,36)(H,33,37)/t19-/m0/s1. The van der Waals surface area contributed by atoms with Gasteiger partial charge in [-0.25, -0.2) is 4.79 Å². The lowest BCUT2D eigenvalue weighted by Gasteiger charge is -2.23. The van der Waals surface area contributed by atoms with Crippen LogP contribution >= 0.6 is 67.8 Å². The van der Waals surface area contributed by atoms with Crippen LogP contribution in [0, 0.1) is 10.7 Å². The molecule has 39 heavy (non-hydrogen) atoms. The van der Waals surface area contributed by atoms with Gasteiger partial charge in [0, 0.05) is 23.8 Å². The van der Waals surface area contributed by atoms with E-state index in [1.165, 1.54) is 0 Å². The molecule has 0 fully saturated rings. The topological polar surface area (TPSA) is 135 Å². The number of carbonyl (C=O) groups excluding carboxylic acids is 4. The molecule has 1 atom stereocenters. The lowest BCUT2D eigenvalue weighted by Crippen LogP contribution is -2.49. The summed E-state index contributed by atoms with van der Waals surface area (Å²) in [6, 6.07) is 3.01. The Kier molecular flexibility index (Phi) is 15.8. The fourth-order valence-electron chi connectivity index (χ4n) is 3.19. The SMILES string of the molecule is CC(C)(C)OC(=O)CNCCCC[C@H](NC(=O)OC(C)(C)C)C(=O)NCCNC(=O)c1cc(I)cc(I)c1I. The van der Waals surface area contributed by atoms with Gasteiger partial charge in [-0.2, -0.15) is 0 Å². The van der Waals surface area contributed by atoms with Crippen molar-refractivity contribution in [2.45, 2.75) is 78.0 Å². The van der Waals surface area contributed by atoms with Gasteiger partial charge in [0.1, 0.15) is 17.2 Å². The first-order chi connectivity index (χ1) is 18.0. The molecule has 3 amide bonds. The fraction of sp³-hybridized carbons (Fsp3) is 0.615. The molecular weight excluding hydrogens is 845 g/mol. The molecule has 0 radical (unpaired) electrons. The third kappa shape index (κ3) is 16.2. The number of alkyl carbamates (subject to hydrolysis) is 1. The molecule has 1 aromatic rings. The van der Waals surface area contributed by atoms with E-state index in [4.69, 9.17) is 9.47 Å². The van der Waals surface area contributed by atoms with Crippen molar-refractivity contribution in [2.24, 2.45) is 0 Å².